The third kappa shape index (κ3) is 3.71. The molecule has 4 heterocycles. The van der Waals surface area contributed by atoms with Crippen LogP contribution >= 0.6 is 11.3 Å². The van der Waals surface area contributed by atoms with Crippen LogP contribution in [-0.4, -0.2) is 47.0 Å². The fourth-order valence-corrected chi connectivity index (χ4v) is 5.25. The van der Waals surface area contributed by atoms with E-state index < -0.39 is 0 Å². The predicted molar refractivity (Wildman–Crippen MR) is 114 cm³/mol. The van der Waals surface area contributed by atoms with Crippen molar-refractivity contribution < 1.29 is 9.18 Å². The minimum absolute atomic E-state index is 0.149. The SMILES string of the molecule is O=C(C1CCN(c2nc3ccc(-c4cccc(F)c4)nc3s2)CC1)N1CCCC1. The minimum Gasteiger partial charge on any atom is -0.348 e. The van der Waals surface area contributed by atoms with Crippen LogP contribution in [0.3, 0.4) is 0 Å². The molecule has 5 rings (SSSR count). The summed E-state index contributed by atoms with van der Waals surface area (Å²) in [7, 11) is 0. The summed E-state index contributed by atoms with van der Waals surface area (Å²) in [6.45, 7) is 3.55. The first-order chi connectivity index (χ1) is 14.2. The molecule has 5 nitrogen and oxygen atoms in total. The van der Waals surface area contributed by atoms with E-state index in [-0.39, 0.29) is 11.7 Å². The van der Waals surface area contributed by atoms with Crippen molar-refractivity contribution >= 4 is 32.7 Å². The summed E-state index contributed by atoms with van der Waals surface area (Å²) >= 11 is 1.57. The van der Waals surface area contributed by atoms with Gasteiger partial charge in [0.2, 0.25) is 5.91 Å². The van der Waals surface area contributed by atoms with Crippen molar-refractivity contribution in [3.8, 4) is 11.3 Å². The van der Waals surface area contributed by atoms with E-state index in [9.17, 15) is 9.18 Å². The highest BCUT2D eigenvalue weighted by Gasteiger charge is 2.30. The van der Waals surface area contributed by atoms with Gasteiger partial charge in [0.05, 0.1) is 5.69 Å². The van der Waals surface area contributed by atoms with Gasteiger partial charge in [0.25, 0.3) is 0 Å². The molecular weight excluding hydrogens is 387 g/mol. The lowest BCUT2D eigenvalue weighted by Gasteiger charge is -2.32. The molecule has 2 aliphatic rings. The van der Waals surface area contributed by atoms with Gasteiger partial charge in [-0.1, -0.05) is 23.5 Å². The predicted octanol–water partition coefficient (Wildman–Crippen LogP) is 4.34. The third-order valence-corrected chi connectivity index (χ3v) is 6.92. The number of amides is 1. The van der Waals surface area contributed by atoms with Crippen LogP contribution in [0.4, 0.5) is 9.52 Å². The fraction of sp³-hybridized carbons (Fsp3) is 0.409. The van der Waals surface area contributed by atoms with E-state index in [2.05, 4.69) is 4.90 Å². The number of carbonyl (C=O) groups is 1. The average Bonchev–Trinajstić information content (AvgIpc) is 3.43. The van der Waals surface area contributed by atoms with E-state index in [4.69, 9.17) is 9.97 Å². The second-order valence-electron chi connectivity index (χ2n) is 7.82. The van der Waals surface area contributed by atoms with Crippen LogP contribution < -0.4 is 4.90 Å². The fourth-order valence-electron chi connectivity index (χ4n) is 4.26. The Balaban J connectivity index is 1.30. The van der Waals surface area contributed by atoms with Crippen molar-refractivity contribution in [3.63, 3.8) is 0 Å². The van der Waals surface area contributed by atoms with Crippen LogP contribution in [0.1, 0.15) is 25.7 Å². The molecule has 1 aromatic carbocycles. The van der Waals surface area contributed by atoms with Gasteiger partial charge in [0, 0.05) is 37.7 Å². The highest BCUT2D eigenvalue weighted by Crippen LogP contribution is 2.32. The number of aromatic nitrogens is 2. The molecule has 150 valence electrons. The standard InChI is InChI=1S/C22H23FN4OS/c23-17-5-3-4-16(14-17)18-6-7-19-20(24-18)29-22(25-19)27-12-8-15(9-13-27)21(28)26-10-1-2-11-26/h3-7,14-15H,1-2,8-13H2. The van der Waals surface area contributed by atoms with Gasteiger partial charge >= 0.3 is 0 Å². The van der Waals surface area contributed by atoms with Crippen LogP contribution in [0.15, 0.2) is 36.4 Å². The number of rotatable bonds is 3. The van der Waals surface area contributed by atoms with Crippen LogP contribution in [0.25, 0.3) is 21.6 Å². The monoisotopic (exact) mass is 410 g/mol. The van der Waals surface area contributed by atoms with E-state index >= 15 is 0 Å². The summed E-state index contributed by atoms with van der Waals surface area (Å²) in [6.07, 6.45) is 4.04. The van der Waals surface area contributed by atoms with E-state index in [0.717, 1.165) is 78.6 Å². The molecule has 0 aliphatic carbocycles. The van der Waals surface area contributed by atoms with Gasteiger partial charge in [-0.05, 0) is 49.9 Å². The molecule has 0 spiro atoms. The topological polar surface area (TPSA) is 49.3 Å². The van der Waals surface area contributed by atoms with Crippen molar-refractivity contribution in [3.05, 3.63) is 42.2 Å². The highest BCUT2D eigenvalue weighted by molar-refractivity contribution is 7.21. The molecule has 0 N–H and O–H groups in total. The maximum absolute atomic E-state index is 13.5. The number of hydrogen-bond acceptors (Lipinski definition) is 5. The Morgan fingerprint density at radius 1 is 1.03 bits per heavy atom. The average molecular weight is 411 g/mol. The minimum atomic E-state index is -0.263. The van der Waals surface area contributed by atoms with Gasteiger partial charge in [-0.15, -0.1) is 0 Å². The summed E-state index contributed by atoms with van der Waals surface area (Å²) < 4.78 is 13.5. The van der Waals surface area contributed by atoms with Crippen molar-refractivity contribution in [2.45, 2.75) is 25.7 Å². The number of piperidine rings is 1. The molecule has 29 heavy (non-hydrogen) atoms. The normalized spacial score (nSPS) is 18.0. The van der Waals surface area contributed by atoms with Gasteiger partial charge in [0.15, 0.2) is 5.13 Å². The molecule has 2 saturated heterocycles. The number of thiazole rings is 1. The van der Waals surface area contributed by atoms with Crippen LogP contribution in [0.2, 0.25) is 0 Å². The number of likely N-dealkylation sites (tertiary alicyclic amines) is 1. The van der Waals surface area contributed by atoms with Crippen molar-refractivity contribution in [2.75, 3.05) is 31.1 Å². The van der Waals surface area contributed by atoms with Crippen LogP contribution in [0.5, 0.6) is 0 Å². The molecule has 0 radical (unpaired) electrons. The Kier molecular flexibility index (Phi) is 4.91. The maximum Gasteiger partial charge on any atom is 0.225 e. The van der Waals surface area contributed by atoms with Gasteiger partial charge in [0.1, 0.15) is 16.2 Å². The maximum atomic E-state index is 13.5. The zero-order valence-corrected chi connectivity index (χ0v) is 17.0. The molecule has 0 unspecified atom stereocenters. The molecule has 1 amide bonds. The molecule has 2 aliphatic heterocycles. The second kappa shape index (κ2) is 7.71. The number of nitrogens with zero attached hydrogens (tertiary/aromatic N) is 4. The molecule has 3 aromatic rings. The van der Waals surface area contributed by atoms with Crippen LogP contribution in [-0.2, 0) is 4.79 Å². The second-order valence-corrected chi connectivity index (χ2v) is 8.78. The van der Waals surface area contributed by atoms with E-state index in [1.807, 2.05) is 23.1 Å². The molecule has 0 saturated carbocycles. The molecule has 2 fully saturated rings. The lowest BCUT2D eigenvalue weighted by molar-refractivity contribution is -0.135. The number of halogens is 1. The first-order valence-corrected chi connectivity index (χ1v) is 11.1. The lowest BCUT2D eigenvalue weighted by atomic mass is 9.95. The van der Waals surface area contributed by atoms with Gasteiger partial charge in [-0.25, -0.2) is 14.4 Å². The molecule has 7 heteroatoms. The number of benzene rings is 1. The van der Waals surface area contributed by atoms with Gasteiger partial charge < -0.3 is 9.80 Å². The summed E-state index contributed by atoms with van der Waals surface area (Å²) in [5.74, 6) is 0.227. The van der Waals surface area contributed by atoms with Gasteiger partial charge in [-0.2, -0.15) is 0 Å². The summed E-state index contributed by atoms with van der Waals surface area (Å²) in [5.41, 5.74) is 2.38. The summed E-state index contributed by atoms with van der Waals surface area (Å²) in [4.78, 5) is 27.2. The zero-order chi connectivity index (χ0) is 19.8. The molecular formula is C22H23FN4OS. The Hall–Kier alpha value is -2.54. The van der Waals surface area contributed by atoms with Crippen molar-refractivity contribution in [1.29, 1.82) is 0 Å². The van der Waals surface area contributed by atoms with Crippen molar-refractivity contribution in [1.82, 2.24) is 14.9 Å². The van der Waals surface area contributed by atoms with E-state index in [1.54, 1.807) is 17.4 Å². The van der Waals surface area contributed by atoms with E-state index in [1.165, 1.54) is 12.1 Å². The largest absolute Gasteiger partial charge is 0.348 e. The smallest absolute Gasteiger partial charge is 0.225 e. The zero-order valence-electron chi connectivity index (χ0n) is 16.2. The first kappa shape index (κ1) is 18.5. The van der Waals surface area contributed by atoms with E-state index in [0.29, 0.717) is 5.91 Å². The molecule has 2 aromatic heterocycles. The number of hydrogen-bond donors (Lipinski definition) is 0. The summed E-state index contributed by atoms with van der Waals surface area (Å²) in [5, 5.41) is 0.955. The number of anilines is 1. The number of pyridine rings is 1. The Labute approximate surface area is 173 Å². The highest BCUT2D eigenvalue weighted by atomic mass is 32.1. The lowest BCUT2D eigenvalue weighted by Crippen LogP contribution is -2.41. The van der Waals surface area contributed by atoms with Gasteiger partial charge in [-0.3, -0.25) is 4.79 Å². The molecule has 0 atom stereocenters. The van der Waals surface area contributed by atoms with Crippen molar-refractivity contribution in [2.24, 2.45) is 5.92 Å². The first-order valence-electron chi connectivity index (χ1n) is 10.2. The number of carbonyl (C=O) groups excluding carboxylic acids is 1. The Morgan fingerprint density at radius 3 is 2.59 bits per heavy atom. The third-order valence-electron chi connectivity index (χ3n) is 5.90. The Bertz CT molecular complexity index is 1040. The Morgan fingerprint density at radius 2 is 1.83 bits per heavy atom. The van der Waals surface area contributed by atoms with Crippen LogP contribution in [0, 0.1) is 11.7 Å². The number of fused-ring (bicyclic) bond motifs is 1. The molecule has 0 bridgehead atoms. The quantitative estimate of drug-likeness (QED) is 0.645. The summed E-state index contributed by atoms with van der Waals surface area (Å²) in [6, 6.07) is 10.3.